The summed E-state index contributed by atoms with van der Waals surface area (Å²) in [6.45, 7) is 7.96. The maximum atomic E-state index is 12.5. The van der Waals surface area contributed by atoms with Crippen LogP contribution in [0.3, 0.4) is 0 Å². The first-order valence-corrected chi connectivity index (χ1v) is 6.25. The number of hydrogen-bond acceptors (Lipinski definition) is 3. The Bertz CT molecular complexity index is 436. The molecule has 18 heavy (non-hydrogen) atoms. The van der Waals surface area contributed by atoms with Crippen LogP contribution in [0.2, 0.25) is 0 Å². The van der Waals surface area contributed by atoms with E-state index in [9.17, 15) is 4.79 Å². The number of rotatable bonds is 5. The molecule has 0 aliphatic carbocycles. The molecular formula is C15H23NO2. The molecule has 3 heteroatoms. The van der Waals surface area contributed by atoms with E-state index in [4.69, 9.17) is 4.74 Å². The molecular weight excluding hydrogens is 226 g/mol. The van der Waals surface area contributed by atoms with Crippen LogP contribution in [0, 0.1) is 0 Å². The fraction of sp³-hybridized carbons (Fsp3) is 0.533. The van der Waals surface area contributed by atoms with Crippen LogP contribution in [-0.2, 0) is 0 Å². The fourth-order valence-electron chi connectivity index (χ4n) is 1.71. The van der Waals surface area contributed by atoms with Crippen molar-refractivity contribution in [2.45, 2.75) is 39.2 Å². The van der Waals surface area contributed by atoms with E-state index in [1.54, 1.807) is 14.2 Å². The van der Waals surface area contributed by atoms with E-state index in [2.05, 4.69) is 19.2 Å². The van der Waals surface area contributed by atoms with Gasteiger partial charge < -0.3 is 10.1 Å². The molecule has 1 aromatic carbocycles. The Labute approximate surface area is 110 Å². The van der Waals surface area contributed by atoms with E-state index in [1.165, 1.54) is 0 Å². The molecule has 0 aromatic heterocycles. The highest BCUT2D eigenvalue weighted by atomic mass is 16.5. The maximum Gasteiger partial charge on any atom is 0.185 e. The SMILES string of the molecule is CNC(C)(C)C(=O)c1cc(C(C)C)ccc1OC. The van der Waals surface area contributed by atoms with Gasteiger partial charge in [0, 0.05) is 0 Å². The predicted molar refractivity (Wildman–Crippen MR) is 74.6 cm³/mol. The molecule has 1 rings (SSSR count). The third kappa shape index (κ3) is 2.91. The Balaban J connectivity index is 3.28. The lowest BCUT2D eigenvalue weighted by molar-refractivity contribution is 0.0886. The zero-order chi connectivity index (χ0) is 13.9. The monoisotopic (exact) mass is 249 g/mol. The molecule has 0 saturated heterocycles. The van der Waals surface area contributed by atoms with Gasteiger partial charge in [-0.1, -0.05) is 19.9 Å². The largest absolute Gasteiger partial charge is 0.496 e. The van der Waals surface area contributed by atoms with Crippen LogP contribution in [0.5, 0.6) is 5.75 Å². The van der Waals surface area contributed by atoms with Crippen LogP contribution in [0.15, 0.2) is 18.2 Å². The van der Waals surface area contributed by atoms with Gasteiger partial charge >= 0.3 is 0 Å². The van der Waals surface area contributed by atoms with Gasteiger partial charge in [0.15, 0.2) is 5.78 Å². The summed E-state index contributed by atoms with van der Waals surface area (Å²) < 4.78 is 5.29. The molecule has 1 N–H and O–H groups in total. The van der Waals surface area contributed by atoms with Crippen molar-refractivity contribution >= 4 is 5.78 Å². The summed E-state index contributed by atoms with van der Waals surface area (Å²) >= 11 is 0. The second-order valence-electron chi connectivity index (χ2n) is 5.32. The van der Waals surface area contributed by atoms with E-state index < -0.39 is 5.54 Å². The molecule has 1 aromatic rings. The van der Waals surface area contributed by atoms with Crippen molar-refractivity contribution in [2.75, 3.05) is 14.2 Å². The standard InChI is InChI=1S/C15H23NO2/c1-10(2)11-7-8-13(18-6)12(9-11)14(17)15(3,4)16-5/h7-10,16H,1-6H3. The van der Waals surface area contributed by atoms with Crippen LogP contribution in [0.1, 0.15) is 49.5 Å². The third-order valence-corrected chi connectivity index (χ3v) is 3.33. The molecule has 0 fully saturated rings. The Morgan fingerprint density at radius 1 is 1.33 bits per heavy atom. The topological polar surface area (TPSA) is 38.3 Å². The van der Waals surface area contributed by atoms with Gasteiger partial charge in [-0.15, -0.1) is 0 Å². The highest BCUT2D eigenvalue weighted by Gasteiger charge is 2.29. The minimum atomic E-state index is -0.594. The van der Waals surface area contributed by atoms with Gasteiger partial charge in [-0.05, 0) is 44.5 Å². The molecule has 0 bridgehead atoms. The molecule has 0 unspecified atom stereocenters. The van der Waals surface area contributed by atoms with E-state index in [-0.39, 0.29) is 5.78 Å². The number of likely N-dealkylation sites (N-methyl/N-ethyl adjacent to an activating group) is 1. The second-order valence-corrected chi connectivity index (χ2v) is 5.32. The molecule has 0 aliphatic heterocycles. The quantitative estimate of drug-likeness (QED) is 0.815. The van der Waals surface area contributed by atoms with Crippen molar-refractivity contribution in [3.05, 3.63) is 29.3 Å². The summed E-state index contributed by atoms with van der Waals surface area (Å²) in [4.78, 5) is 12.5. The molecule has 3 nitrogen and oxygen atoms in total. The molecule has 0 radical (unpaired) electrons. The van der Waals surface area contributed by atoms with Crippen LogP contribution >= 0.6 is 0 Å². The molecule has 0 aliphatic rings. The predicted octanol–water partition coefficient (Wildman–Crippen LogP) is 3.00. The lowest BCUT2D eigenvalue weighted by Gasteiger charge is -2.24. The molecule has 0 amide bonds. The van der Waals surface area contributed by atoms with Crippen molar-refractivity contribution in [1.82, 2.24) is 5.32 Å². The molecule has 0 atom stereocenters. The Kier molecular flexibility index (Phi) is 4.52. The zero-order valence-electron chi connectivity index (χ0n) is 12.1. The maximum absolute atomic E-state index is 12.5. The van der Waals surface area contributed by atoms with Gasteiger partial charge in [-0.25, -0.2) is 0 Å². The van der Waals surface area contributed by atoms with Gasteiger partial charge in [-0.3, -0.25) is 4.79 Å². The van der Waals surface area contributed by atoms with Crippen molar-refractivity contribution in [2.24, 2.45) is 0 Å². The molecule has 0 heterocycles. The first-order valence-electron chi connectivity index (χ1n) is 6.25. The first-order chi connectivity index (χ1) is 8.33. The summed E-state index contributed by atoms with van der Waals surface area (Å²) in [6.07, 6.45) is 0. The summed E-state index contributed by atoms with van der Waals surface area (Å²) in [5.74, 6) is 1.07. The third-order valence-electron chi connectivity index (χ3n) is 3.33. The lowest BCUT2D eigenvalue weighted by atomic mass is 9.90. The number of hydrogen-bond donors (Lipinski definition) is 1. The molecule has 0 saturated carbocycles. The number of ether oxygens (including phenoxy) is 1. The highest BCUT2D eigenvalue weighted by molar-refractivity contribution is 6.05. The summed E-state index contributed by atoms with van der Waals surface area (Å²) in [6, 6.07) is 5.81. The average Bonchev–Trinajstić information content (AvgIpc) is 2.36. The highest BCUT2D eigenvalue weighted by Crippen LogP contribution is 2.27. The normalized spacial score (nSPS) is 11.7. The summed E-state index contributed by atoms with van der Waals surface area (Å²) in [5.41, 5.74) is 1.19. The van der Waals surface area contributed by atoms with E-state index in [0.29, 0.717) is 17.2 Å². The fourth-order valence-corrected chi connectivity index (χ4v) is 1.71. The Morgan fingerprint density at radius 2 is 1.94 bits per heavy atom. The number of methoxy groups -OCH3 is 1. The molecule has 100 valence electrons. The summed E-state index contributed by atoms with van der Waals surface area (Å²) in [5, 5.41) is 3.03. The van der Waals surface area contributed by atoms with Gasteiger partial charge in [0.1, 0.15) is 5.75 Å². The van der Waals surface area contributed by atoms with Gasteiger partial charge in [0.2, 0.25) is 0 Å². The average molecular weight is 249 g/mol. The number of carbonyl (C=O) groups excluding carboxylic acids is 1. The van der Waals surface area contributed by atoms with Gasteiger partial charge in [0.25, 0.3) is 0 Å². The van der Waals surface area contributed by atoms with Crippen LogP contribution in [0.4, 0.5) is 0 Å². The minimum absolute atomic E-state index is 0.0457. The number of carbonyl (C=O) groups is 1. The van der Waals surface area contributed by atoms with E-state index >= 15 is 0 Å². The molecule has 0 spiro atoms. The Hall–Kier alpha value is -1.35. The van der Waals surface area contributed by atoms with Crippen molar-refractivity contribution in [3.8, 4) is 5.75 Å². The lowest BCUT2D eigenvalue weighted by Crippen LogP contribution is -2.44. The number of nitrogens with one attached hydrogen (secondary N) is 1. The van der Waals surface area contributed by atoms with Gasteiger partial charge in [-0.2, -0.15) is 0 Å². The first kappa shape index (κ1) is 14.7. The van der Waals surface area contributed by atoms with Gasteiger partial charge in [0.05, 0.1) is 18.2 Å². The van der Waals surface area contributed by atoms with Crippen molar-refractivity contribution < 1.29 is 9.53 Å². The number of ketones is 1. The van der Waals surface area contributed by atoms with Crippen LogP contribution < -0.4 is 10.1 Å². The van der Waals surface area contributed by atoms with Crippen molar-refractivity contribution in [1.29, 1.82) is 0 Å². The van der Waals surface area contributed by atoms with Crippen LogP contribution in [0.25, 0.3) is 0 Å². The van der Waals surface area contributed by atoms with E-state index in [1.807, 2.05) is 32.0 Å². The van der Waals surface area contributed by atoms with Crippen LogP contribution in [-0.4, -0.2) is 25.5 Å². The van der Waals surface area contributed by atoms with Crippen molar-refractivity contribution in [3.63, 3.8) is 0 Å². The number of benzene rings is 1. The summed E-state index contributed by atoms with van der Waals surface area (Å²) in [7, 11) is 3.38. The second kappa shape index (κ2) is 5.53. The zero-order valence-corrected chi connectivity index (χ0v) is 12.1. The smallest absolute Gasteiger partial charge is 0.185 e. The minimum Gasteiger partial charge on any atom is -0.496 e. The Morgan fingerprint density at radius 3 is 2.39 bits per heavy atom. The number of Topliss-reactive ketones (excluding diaryl/α,β-unsaturated/α-hetero) is 1. The van der Waals surface area contributed by atoms with E-state index in [0.717, 1.165) is 5.56 Å².